The van der Waals surface area contributed by atoms with Crippen LogP contribution in [-0.4, -0.2) is 18.6 Å². The molecule has 24 heavy (non-hydrogen) atoms. The Hall–Kier alpha value is -2.20. The lowest BCUT2D eigenvalue weighted by molar-refractivity contribution is 0.104. The summed E-state index contributed by atoms with van der Waals surface area (Å²) in [5.74, 6) is 1.15. The van der Waals surface area contributed by atoms with E-state index in [-0.39, 0.29) is 5.78 Å². The summed E-state index contributed by atoms with van der Waals surface area (Å²) < 4.78 is 11.9. The van der Waals surface area contributed by atoms with E-state index in [9.17, 15) is 4.79 Å². The van der Waals surface area contributed by atoms with Crippen molar-refractivity contribution in [3.63, 3.8) is 0 Å². The first-order valence-corrected chi connectivity index (χ1v) is 9.10. The SMILES string of the molecule is C=CC(=O)c1cc(OCc2ccccc2)c(OCCC)c(SC)c1. The average molecular weight is 342 g/mol. The first kappa shape index (κ1) is 18.1. The van der Waals surface area contributed by atoms with E-state index in [2.05, 4.69) is 13.5 Å². The lowest BCUT2D eigenvalue weighted by Gasteiger charge is -2.17. The molecule has 0 aromatic heterocycles. The van der Waals surface area contributed by atoms with Crippen LogP contribution in [0.15, 0.2) is 60.0 Å². The van der Waals surface area contributed by atoms with Crippen molar-refractivity contribution in [2.45, 2.75) is 24.8 Å². The van der Waals surface area contributed by atoms with Gasteiger partial charge < -0.3 is 9.47 Å². The highest BCUT2D eigenvalue weighted by atomic mass is 32.2. The van der Waals surface area contributed by atoms with Crippen molar-refractivity contribution in [3.8, 4) is 11.5 Å². The van der Waals surface area contributed by atoms with Gasteiger partial charge in [-0.2, -0.15) is 0 Å². The van der Waals surface area contributed by atoms with Crippen LogP contribution in [0.3, 0.4) is 0 Å². The molecule has 0 N–H and O–H groups in total. The Balaban J connectivity index is 2.35. The summed E-state index contributed by atoms with van der Waals surface area (Å²) in [6.07, 6.45) is 4.17. The second-order valence-electron chi connectivity index (χ2n) is 5.20. The minimum Gasteiger partial charge on any atom is -0.489 e. The number of hydrogen-bond acceptors (Lipinski definition) is 4. The van der Waals surface area contributed by atoms with Crippen LogP contribution in [0.25, 0.3) is 0 Å². The maximum atomic E-state index is 12.0. The summed E-state index contributed by atoms with van der Waals surface area (Å²) in [7, 11) is 0. The minimum atomic E-state index is -0.128. The molecule has 0 unspecified atom stereocenters. The number of carbonyl (C=O) groups excluding carboxylic acids is 1. The zero-order valence-electron chi connectivity index (χ0n) is 14.1. The summed E-state index contributed by atoms with van der Waals surface area (Å²) in [5, 5.41) is 0. The van der Waals surface area contributed by atoms with Gasteiger partial charge in [-0.25, -0.2) is 0 Å². The molecule has 0 saturated carbocycles. The van der Waals surface area contributed by atoms with Crippen molar-refractivity contribution >= 4 is 17.5 Å². The van der Waals surface area contributed by atoms with Crippen LogP contribution in [-0.2, 0) is 6.61 Å². The Morgan fingerprint density at radius 1 is 1.21 bits per heavy atom. The number of allylic oxidation sites excluding steroid dienone is 1. The molecule has 0 amide bonds. The highest BCUT2D eigenvalue weighted by molar-refractivity contribution is 7.98. The molecule has 0 aliphatic rings. The van der Waals surface area contributed by atoms with Crippen molar-refractivity contribution in [1.82, 2.24) is 0 Å². The Bertz CT molecular complexity index is 696. The molecule has 3 nitrogen and oxygen atoms in total. The highest BCUT2D eigenvalue weighted by Crippen LogP contribution is 2.39. The number of benzene rings is 2. The number of ether oxygens (including phenoxy) is 2. The van der Waals surface area contributed by atoms with Gasteiger partial charge in [-0.15, -0.1) is 11.8 Å². The van der Waals surface area contributed by atoms with Gasteiger partial charge in [0.15, 0.2) is 17.3 Å². The van der Waals surface area contributed by atoms with E-state index >= 15 is 0 Å². The van der Waals surface area contributed by atoms with Crippen LogP contribution < -0.4 is 9.47 Å². The van der Waals surface area contributed by atoms with Crippen LogP contribution in [0.2, 0.25) is 0 Å². The zero-order valence-corrected chi connectivity index (χ0v) is 14.9. The fraction of sp³-hybridized carbons (Fsp3) is 0.250. The summed E-state index contributed by atoms with van der Waals surface area (Å²) in [6, 6.07) is 13.5. The third kappa shape index (κ3) is 4.65. The van der Waals surface area contributed by atoms with Crippen LogP contribution in [0.5, 0.6) is 11.5 Å². The standard InChI is InChI=1S/C20H22O3S/c1-4-11-22-20-18(23-14-15-9-7-6-8-10-15)12-16(17(21)5-2)13-19(20)24-3/h5-10,12-13H,2,4,11,14H2,1,3H3. The van der Waals surface area contributed by atoms with Gasteiger partial charge in [-0.1, -0.05) is 43.8 Å². The van der Waals surface area contributed by atoms with Crippen molar-refractivity contribution in [3.05, 3.63) is 66.2 Å². The van der Waals surface area contributed by atoms with E-state index in [4.69, 9.17) is 9.47 Å². The molecule has 126 valence electrons. The predicted molar refractivity (Wildman–Crippen MR) is 99.3 cm³/mol. The van der Waals surface area contributed by atoms with E-state index in [1.54, 1.807) is 6.07 Å². The van der Waals surface area contributed by atoms with E-state index < -0.39 is 0 Å². The van der Waals surface area contributed by atoms with Crippen LogP contribution >= 0.6 is 11.8 Å². The van der Waals surface area contributed by atoms with Gasteiger partial charge in [-0.05, 0) is 36.4 Å². The fourth-order valence-electron chi connectivity index (χ4n) is 2.18. The Morgan fingerprint density at radius 2 is 1.96 bits per heavy atom. The normalized spacial score (nSPS) is 10.2. The molecule has 0 fully saturated rings. The Labute approximate surface area is 147 Å². The van der Waals surface area contributed by atoms with Gasteiger partial charge in [-0.3, -0.25) is 4.79 Å². The molecular weight excluding hydrogens is 320 g/mol. The van der Waals surface area contributed by atoms with Crippen LogP contribution in [0, 0.1) is 0 Å². The van der Waals surface area contributed by atoms with E-state index in [0.29, 0.717) is 30.3 Å². The molecule has 2 aromatic rings. The van der Waals surface area contributed by atoms with Gasteiger partial charge >= 0.3 is 0 Å². The molecule has 0 aliphatic heterocycles. The van der Waals surface area contributed by atoms with Gasteiger partial charge in [0.05, 0.1) is 11.5 Å². The molecule has 4 heteroatoms. The second kappa shape index (κ2) is 9.18. The lowest BCUT2D eigenvalue weighted by atomic mass is 10.1. The average Bonchev–Trinajstić information content (AvgIpc) is 2.64. The molecule has 0 radical (unpaired) electrons. The largest absolute Gasteiger partial charge is 0.489 e. The van der Waals surface area contributed by atoms with E-state index in [0.717, 1.165) is 16.9 Å². The van der Waals surface area contributed by atoms with Crippen molar-refractivity contribution in [1.29, 1.82) is 0 Å². The van der Waals surface area contributed by atoms with Crippen molar-refractivity contribution in [2.24, 2.45) is 0 Å². The van der Waals surface area contributed by atoms with Gasteiger partial charge in [0.2, 0.25) is 0 Å². The number of rotatable bonds is 9. The van der Waals surface area contributed by atoms with Gasteiger partial charge in [0.1, 0.15) is 6.61 Å². The molecule has 2 aromatic carbocycles. The molecule has 0 atom stereocenters. The number of ketones is 1. The van der Waals surface area contributed by atoms with Crippen molar-refractivity contribution in [2.75, 3.05) is 12.9 Å². The first-order chi connectivity index (χ1) is 11.7. The smallest absolute Gasteiger partial charge is 0.185 e. The molecule has 0 bridgehead atoms. The molecule has 0 spiro atoms. The third-order valence-corrected chi connectivity index (χ3v) is 4.14. The lowest BCUT2D eigenvalue weighted by Crippen LogP contribution is -2.04. The van der Waals surface area contributed by atoms with E-state index in [1.807, 2.05) is 42.7 Å². The highest BCUT2D eigenvalue weighted by Gasteiger charge is 2.16. The third-order valence-electron chi connectivity index (χ3n) is 3.40. The number of thioether (sulfide) groups is 1. The summed E-state index contributed by atoms with van der Waals surface area (Å²) in [5.41, 5.74) is 1.62. The predicted octanol–water partition coefficient (Wildman–Crippen LogP) is 5.15. The second-order valence-corrected chi connectivity index (χ2v) is 6.04. The summed E-state index contributed by atoms with van der Waals surface area (Å²) in [4.78, 5) is 12.9. The topological polar surface area (TPSA) is 35.5 Å². The molecule has 2 rings (SSSR count). The zero-order chi connectivity index (χ0) is 17.4. The molecule has 0 heterocycles. The maximum absolute atomic E-state index is 12.0. The minimum absolute atomic E-state index is 0.128. The molecule has 0 saturated heterocycles. The Kier molecular flexibility index (Phi) is 6.94. The van der Waals surface area contributed by atoms with Crippen molar-refractivity contribution < 1.29 is 14.3 Å². The summed E-state index contributed by atoms with van der Waals surface area (Å²) >= 11 is 1.53. The number of hydrogen-bond donors (Lipinski definition) is 0. The monoisotopic (exact) mass is 342 g/mol. The first-order valence-electron chi connectivity index (χ1n) is 7.88. The Morgan fingerprint density at radius 3 is 2.58 bits per heavy atom. The van der Waals surface area contributed by atoms with Gasteiger partial charge in [0.25, 0.3) is 0 Å². The van der Waals surface area contributed by atoms with Crippen LogP contribution in [0.4, 0.5) is 0 Å². The number of carbonyl (C=O) groups is 1. The van der Waals surface area contributed by atoms with E-state index in [1.165, 1.54) is 17.8 Å². The maximum Gasteiger partial charge on any atom is 0.185 e. The quantitative estimate of drug-likeness (QED) is 0.359. The molecule has 0 aliphatic carbocycles. The van der Waals surface area contributed by atoms with Gasteiger partial charge in [0, 0.05) is 5.56 Å². The fourth-order valence-corrected chi connectivity index (χ4v) is 2.77. The molecular formula is C20H22O3S. The van der Waals surface area contributed by atoms with Crippen LogP contribution in [0.1, 0.15) is 29.3 Å². The summed E-state index contributed by atoms with van der Waals surface area (Å²) in [6.45, 7) is 6.63.